The second-order valence-electron chi connectivity index (χ2n) is 10.2. The van der Waals surface area contributed by atoms with Crippen LogP contribution in [0.1, 0.15) is 25.7 Å². The second-order valence-corrected chi connectivity index (χ2v) is 16.1. The SMILES string of the molecule is O=P(c1ccccc1)(c1ccccc1)[C@@H]1CCC=C1C1=CCC[C@H]1P(=O)(c1ccccc1)c1ccccc1. The maximum Gasteiger partial charge on any atom is 0.150 e. The lowest BCUT2D eigenvalue weighted by atomic mass is 10.0. The van der Waals surface area contributed by atoms with E-state index in [2.05, 4.69) is 12.2 Å². The quantitative estimate of drug-likeness (QED) is 0.235. The molecule has 0 fully saturated rings. The van der Waals surface area contributed by atoms with E-state index in [1.807, 2.05) is 121 Å². The van der Waals surface area contributed by atoms with Gasteiger partial charge in [0, 0.05) is 32.5 Å². The highest BCUT2D eigenvalue weighted by Gasteiger charge is 2.47. The minimum absolute atomic E-state index is 0.126. The smallest absolute Gasteiger partial charge is 0.150 e. The third-order valence-corrected chi connectivity index (χ3v) is 15.2. The Morgan fingerprint density at radius 1 is 0.421 bits per heavy atom. The summed E-state index contributed by atoms with van der Waals surface area (Å²) < 4.78 is 30.7. The largest absolute Gasteiger partial charge is 0.313 e. The van der Waals surface area contributed by atoms with Gasteiger partial charge in [-0.1, -0.05) is 133 Å². The summed E-state index contributed by atoms with van der Waals surface area (Å²) >= 11 is 0. The first-order chi connectivity index (χ1) is 18.6. The van der Waals surface area contributed by atoms with E-state index in [4.69, 9.17) is 0 Å². The van der Waals surface area contributed by atoms with Gasteiger partial charge in [-0.25, -0.2) is 0 Å². The summed E-state index contributed by atoms with van der Waals surface area (Å²) in [4.78, 5) is 0. The summed E-state index contributed by atoms with van der Waals surface area (Å²) in [6.07, 6.45) is 8.01. The molecule has 190 valence electrons. The molecule has 0 radical (unpaired) electrons. The average Bonchev–Trinajstić information content (AvgIpc) is 3.69. The first kappa shape index (κ1) is 25.1. The lowest BCUT2D eigenvalue weighted by Crippen LogP contribution is -2.30. The maximum atomic E-state index is 15.3. The third kappa shape index (κ3) is 4.21. The zero-order valence-corrected chi connectivity index (χ0v) is 23.2. The summed E-state index contributed by atoms with van der Waals surface area (Å²) in [7, 11) is -6.00. The maximum absolute atomic E-state index is 15.3. The Morgan fingerprint density at radius 2 is 0.684 bits per heavy atom. The zero-order valence-electron chi connectivity index (χ0n) is 21.4. The van der Waals surface area contributed by atoms with Gasteiger partial charge in [0.05, 0.1) is 0 Å². The van der Waals surface area contributed by atoms with Crippen molar-refractivity contribution in [1.82, 2.24) is 0 Å². The van der Waals surface area contributed by atoms with Crippen molar-refractivity contribution >= 4 is 35.5 Å². The van der Waals surface area contributed by atoms with E-state index in [0.717, 1.165) is 58.0 Å². The molecule has 0 unspecified atom stereocenters. The van der Waals surface area contributed by atoms with Gasteiger partial charge in [-0.15, -0.1) is 0 Å². The molecule has 0 N–H and O–H groups in total. The first-order valence-electron chi connectivity index (χ1n) is 13.5. The number of benzene rings is 4. The molecule has 2 atom stereocenters. The van der Waals surface area contributed by atoms with E-state index in [1.54, 1.807) is 0 Å². The monoisotopic (exact) mass is 534 g/mol. The minimum Gasteiger partial charge on any atom is -0.313 e. The lowest BCUT2D eigenvalue weighted by molar-refractivity contribution is 0.577. The number of allylic oxidation sites excluding steroid dienone is 4. The van der Waals surface area contributed by atoms with Gasteiger partial charge in [0.1, 0.15) is 14.3 Å². The molecular weight excluding hydrogens is 502 g/mol. The van der Waals surface area contributed by atoms with Crippen LogP contribution < -0.4 is 21.2 Å². The Morgan fingerprint density at radius 3 is 0.947 bits per heavy atom. The fraction of sp³-hybridized carbons (Fsp3) is 0.176. The van der Waals surface area contributed by atoms with Crippen molar-refractivity contribution in [3.05, 3.63) is 145 Å². The van der Waals surface area contributed by atoms with E-state index < -0.39 is 14.3 Å². The Labute approximate surface area is 225 Å². The predicted octanol–water partition coefficient (Wildman–Crippen LogP) is 7.19. The van der Waals surface area contributed by atoms with Gasteiger partial charge in [-0.05, 0) is 36.8 Å². The number of hydrogen-bond acceptors (Lipinski definition) is 2. The predicted molar refractivity (Wildman–Crippen MR) is 162 cm³/mol. The van der Waals surface area contributed by atoms with Crippen LogP contribution in [-0.2, 0) is 9.13 Å². The Hall–Kier alpha value is -3.18. The molecule has 38 heavy (non-hydrogen) atoms. The topological polar surface area (TPSA) is 34.1 Å². The molecular formula is C34H32O2P2. The van der Waals surface area contributed by atoms with Crippen molar-refractivity contribution < 1.29 is 9.13 Å². The molecule has 4 aromatic rings. The van der Waals surface area contributed by atoms with E-state index in [9.17, 15) is 0 Å². The second kappa shape index (κ2) is 10.5. The van der Waals surface area contributed by atoms with Crippen LogP contribution >= 0.6 is 14.3 Å². The van der Waals surface area contributed by atoms with Gasteiger partial charge in [-0.3, -0.25) is 0 Å². The molecule has 0 aromatic heterocycles. The summed E-state index contributed by atoms with van der Waals surface area (Å²) in [6, 6.07) is 40.0. The molecule has 2 nitrogen and oxygen atoms in total. The standard InChI is InChI=1S/C34H32O2P2/c35-37(27-15-5-1-6-16-27,28-17-7-2-8-18-28)33-25-13-23-31(33)32-24-14-26-34(32)38(36,29-19-9-3-10-20-29)30-21-11-4-12-22-30/h1-12,15-24,33-34H,13-14,25-26H2/t33-,34-/m1/s1. The normalized spacial score (nSPS) is 19.7. The van der Waals surface area contributed by atoms with Crippen LogP contribution in [0.4, 0.5) is 0 Å². The van der Waals surface area contributed by atoms with E-state index >= 15 is 9.13 Å². The number of hydrogen-bond donors (Lipinski definition) is 0. The van der Waals surface area contributed by atoms with Crippen LogP contribution in [0, 0.1) is 0 Å². The highest BCUT2D eigenvalue weighted by atomic mass is 31.2. The molecule has 2 aliphatic carbocycles. The van der Waals surface area contributed by atoms with Crippen molar-refractivity contribution in [2.75, 3.05) is 0 Å². The highest BCUT2D eigenvalue weighted by molar-refractivity contribution is 7.80. The highest BCUT2D eigenvalue weighted by Crippen LogP contribution is 2.62. The Balaban J connectivity index is 1.48. The summed E-state index contributed by atoms with van der Waals surface area (Å²) in [6.45, 7) is 0. The van der Waals surface area contributed by atoms with E-state index in [1.165, 1.54) is 0 Å². The molecule has 0 spiro atoms. The van der Waals surface area contributed by atoms with Crippen LogP contribution in [0.3, 0.4) is 0 Å². The fourth-order valence-corrected chi connectivity index (χ4v) is 13.2. The van der Waals surface area contributed by atoms with Crippen LogP contribution in [0.5, 0.6) is 0 Å². The lowest BCUT2D eigenvalue weighted by Gasteiger charge is -2.33. The molecule has 2 aliphatic rings. The van der Waals surface area contributed by atoms with Gasteiger partial charge in [0.25, 0.3) is 0 Å². The molecule has 4 aromatic carbocycles. The Kier molecular flexibility index (Phi) is 6.96. The van der Waals surface area contributed by atoms with Gasteiger partial charge >= 0.3 is 0 Å². The molecule has 6 rings (SSSR count). The Bertz CT molecular complexity index is 1350. The molecule has 4 heteroatoms. The van der Waals surface area contributed by atoms with Crippen molar-refractivity contribution in [3.63, 3.8) is 0 Å². The average molecular weight is 535 g/mol. The van der Waals surface area contributed by atoms with Crippen LogP contribution in [-0.4, -0.2) is 11.3 Å². The molecule has 0 saturated carbocycles. The van der Waals surface area contributed by atoms with Gasteiger partial charge in [-0.2, -0.15) is 0 Å². The third-order valence-electron chi connectivity index (χ3n) is 8.10. The van der Waals surface area contributed by atoms with E-state index in [-0.39, 0.29) is 11.3 Å². The number of rotatable bonds is 7. The molecule has 0 saturated heterocycles. The minimum atomic E-state index is -3.00. The van der Waals surface area contributed by atoms with Crippen molar-refractivity contribution in [3.8, 4) is 0 Å². The molecule has 0 amide bonds. The summed E-state index contributed by atoms with van der Waals surface area (Å²) in [5.74, 6) is 0. The first-order valence-corrected chi connectivity index (χ1v) is 17.0. The van der Waals surface area contributed by atoms with E-state index in [0.29, 0.717) is 0 Å². The van der Waals surface area contributed by atoms with Gasteiger partial charge in [0.2, 0.25) is 0 Å². The van der Waals surface area contributed by atoms with Gasteiger partial charge in [0.15, 0.2) is 0 Å². The summed E-state index contributed by atoms with van der Waals surface area (Å²) in [5, 5.41) is 3.59. The van der Waals surface area contributed by atoms with Gasteiger partial charge < -0.3 is 9.13 Å². The van der Waals surface area contributed by atoms with Crippen molar-refractivity contribution in [2.45, 2.75) is 37.0 Å². The molecule has 0 bridgehead atoms. The fourth-order valence-electron chi connectivity index (χ4n) is 6.37. The van der Waals surface area contributed by atoms with Crippen molar-refractivity contribution in [1.29, 1.82) is 0 Å². The molecule has 0 aliphatic heterocycles. The summed E-state index contributed by atoms with van der Waals surface area (Å²) in [5.41, 5.74) is 2.05. The van der Waals surface area contributed by atoms with Crippen LogP contribution in [0.2, 0.25) is 0 Å². The van der Waals surface area contributed by atoms with Crippen LogP contribution in [0.25, 0.3) is 0 Å². The van der Waals surface area contributed by atoms with Crippen LogP contribution in [0.15, 0.2) is 145 Å². The zero-order chi connectivity index (χ0) is 26.0. The molecule has 0 heterocycles. The van der Waals surface area contributed by atoms with Crippen molar-refractivity contribution in [2.24, 2.45) is 0 Å².